The molecule has 2 heterocycles. The van der Waals surface area contributed by atoms with Crippen molar-refractivity contribution >= 4 is 23.4 Å². The van der Waals surface area contributed by atoms with Gasteiger partial charge in [-0.2, -0.15) is 11.8 Å². The minimum absolute atomic E-state index is 0.535. The molecule has 0 aromatic carbocycles. The zero-order chi connectivity index (χ0) is 13.0. The Morgan fingerprint density at radius 2 is 2.39 bits per heavy atom. The highest BCUT2D eigenvalue weighted by Crippen LogP contribution is 2.34. The van der Waals surface area contributed by atoms with Crippen molar-refractivity contribution in [2.45, 2.75) is 19.4 Å². The fraction of sp³-hybridized carbons (Fsp3) is 0.667. The molecular formula is C12H20N4OS. The number of nitrogens with zero attached hydrogens (tertiary/aromatic N) is 3. The van der Waals surface area contributed by atoms with Gasteiger partial charge in [-0.05, 0) is 19.1 Å². The first-order chi connectivity index (χ1) is 8.77. The zero-order valence-corrected chi connectivity index (χ0v) is 12.0. The third kappa shape index (κ3) is 2.63. The largest absolute Gasteiger partial charge is 0.490 e. The molecule has 0 saturated carbocycles. The number of nitrogens with one attached hydrogen (secondary N) is 1. The van der Waals surface area contributed by atoms with E-state index in [4.69, 9.17) is 4.74 Å². The van der Waals surface area contributed by atoms with E-state index in [0.29, 0.717) is 6.04 Å². The topological polar surface area (TPSA) is 50.3 Å². The van der Waals surface area contributed by atoms with Crippen LogP contribution in [0.2, 0.25) is 0 Å². The van der Waals surface area contributed by atoms with Crippen LogP contribution in [0, 0.1) is 0 Å². The number of methoxy groups -OCH3 is 1. The molecule has 1 atom stereocenters. The van der Waals surface area contributed by atoms with Gasteiger partial charge in [-0.1, -0.05) is 0 Å². The summed E-state index contributed by atoms with van der Waals surface area (Å²) in [7, 11) is 3.75. The summed E-state index contributed by atoms with van der Waals surface area (Å²) in [6.07, 6.45) is 2.79. The lowest BCUT2D eigenvalue weighted by molar-refractivity contribution is 0.411. The Bertz CT molecular complexity index is 396. The highest BCUT2D eigenvalue weighted by atomic mass is 32.2. The van der Waals surface area contributed by atoms with Crippen molar-refractivity contribution < 1.29 is 4.74 Å². The van der Waals surface area contributed by atoms with Gasteiger partial charge in [-0.3, -0.25) is 0 Å². The first kappa shape index (κ1) is 13.3. The van der Waals surface area contributed by atoms with Crippen molar-refractivity contribution in [1.29, 1.82) is 0 Å². The maximum atomic E-state index is 5.47. The smallest absolute Gasteiger partial charge is 0.204 e. The molecule has 1 fully saturated rings. The molecule has 1 aromatic heterocycles. The van der Waals surface area contributed by atoms with Crippen LogP contribution in [0.5, 0.6) is 5.75 Å². The Morgan fingerprint density at radius 3 is 3.00 bits per heavy atom. The Hall–Kier alpha value is -1.17. The zero-order valence-electron chi connectivity index (χ0n) is 11.1. The van der Waals surface area contributed by atoms with Gasteiger partial charge in [-0.15, -0.1) is 0 Å². The van der Waals surface area contributed by atoms with Gasteiger partial charge in [0.05, 0.1) is 7.11 Å². The Labute approximate surface area is 112 Å². The van der Waals surface area contributed by atoms with E-state index in [1.165, 1.54) is 12.2 Å². The van der Waals surface area contributed by atoms with Crippen LogP contribution >= 0.6 is 11.8 Å². The average Bonchev–Trinajstić information content (AvgIpc) is 2.92. The summed E-state index contributed by atoms with van der Waals surface area (Å²) >= 11 is 1.99. The monoisotopic (exact) mass is 268 g/mol. The molecule has 1 unspecified atom stereocenters. The van der Waals surface area contributed by atoms with Crippen molar-refractivity contribution in [3.63, 3.8) is 0 Å². The van der Waals surface area contributed by atoms with Crippen LogP contribution in [0.4, 0.5) is 11.6 Å². The molecule has 2 rings (SSSR count). The van der Waals surface area contributed by atoms with Gasteiger partial charge in [0, 0.05) is 25.4 Å². The van der Waals surface area contributed by atoms with E-state index in [-0.39, 0.29) is 0 Å². The molecule has 0 radical (unpaired) electrons. The van der Waals surface area contributed by atoms with E-state index in [1.54, 1.807) is 13.4 Å². The predicted molar refractivity (Wildman–Crippen MR) is 76.9 cm³/mol. The molecule has 0 amide bonds. The van der Waals surface area contributed by atoms with Gasteiger partial charge in [-0.25, -0.2) is 9.97 Å². The number of thioether (sulfide) groups is 1. The SMILES string of the molecule is CCNc1ncnc(N(C)C2CCSC2)c1OC. The summed E-state index contributed by atoms with van der Waals surface area (Å²) in [5, 5.41) is 3.20. The Morgan fingerprint density at radius 1 is 1.56 bits per heavy atom. The van der Waals surface area contributed by atoms with Crippen molar-refractivity contribution in [1.82, 2.24) is 9.97 Å². The fourth-order valence-electron chi connectivity index (χ4n) is 2.10. The number of ether oxygens (including phenoxy) is 1. The quantitative estimate of drug-likeness (QED) is 0.879. The molecule has 6 heteroatoms. The van der Waals surface area contributed by atoms with Crippen molar-refractivity contribution in [3.05, 3.63) is 6.33 Å². The van der Waals surface area contributed by atoms with Crippen LogP contribution in [-0.4, -0.2) is 48.2 Å². The van der Waals surface area contributed by atoms with Gasteiger partial charge in [0.1, 0.15) is 6.33 Å². The van der Waals surface area contributed by atoms with E-state index in [2.05, 4.69) is 27.2 Å². The third-order valence-electron chi connectivity index (χ3n) is 3.12. The third-order valence-corrected chi connectivity index (χ3v) is 4.27. The predicted octanol–water partition coefficient (Wildman–Crippen LogP) is 1.86. The fourth-order valence-corrected chi connectivity index (χ4v) is 3.37. The molecule has 100 valence electrons. The van der Waals surface area contributed by atoms with Crippen molar-refractivity contribution in [2.24, 2.45) is 0 Å². The van der Waals surface area contributed by atoms with Crippen molar-refractivity contribution in [3.8, 4) is 5.75 Å². The molecule has 0 spiro atoms. The van der Waals surface area contributed by atoms with Crippen LogP contribution in [0.25, 0.3) is 0 Å². The highest BCUT2D eigenvalue weighted by molar-refractivity contribution is 7.99. The lowest BCUT2D eigenvalue weighted by Gasteiger charge is -2.26. The van der Waals surface area contributed by atoms with Gasteiger partial charge >= 0.3 is 0 Å². The first-order valence-corrected chi connectivity index (χ1v) is 7.36. The second-order valence-electron chi connectivity index (χ2n) is 4.24. The van der Waals surface area contributed by atoms with Crippen LogP contribution in [0.1, 0.15) is 13.3 Å². The number of hydrogen-bond acceptors (Lipinski definition) is 6. The average molecular weight is 268 g/mol. The molecule has 0 aliphatic carbocycles. The Kier molecular flexibility index (Phi) is 4.52. The van der Waals surface area contributed by atoms with E-state index in [1.807, 2.05) is 18.7 Å². The molecule has 5 nitrogen and oxygen atoms in total. The first-order valence-electron chi connectivity index (χ1n) is 6.21. The maximum Gasteiger partial charge on any atom is 0.204 e. The van der Waals surface area contributed by atoms with Gasteiger partial charge in [0.15, 0.2) is 11.6 Å². The summed E-state index contributed by atoms with van der Waals surface area (Å²) in [6, 6.07) is 0.535. The van der Waals surface area contributed by atoms with Crippen LogP contribution < -0.4 is 15.0 Å². The minimum Gasteiger partial charge on any atom is -0.490 e. The highest BCUT2D eigenvalue weighted by Gasteiger charge is 2.24. The summed E-state index contributed by atoms with van der Waals surface area (Å²) in [5.74, 6) is 4.75. The summed E-state index contributed by atoms with van der Waals surface area (Å²) in [5.41, 5.74) is 0. The van der Waals surface area contributed by atoms with Crippen LogP contribution in [0.15, 0.2) is 6.33 Å². The lowest BCUT2D eigenvalue weighted by atomic mass is 10.2. The molecular weight excluding hydrogens is 248 g/mol. The number of anilines is 2. The number of rotatable bonds is 5. The van der Waals surface area contributed by atoms with E-state index < -0.39 is 0 Å². The second kappa shape index (κ2) is 6.13. The molecule has 1 saturated heterocycles. The Balaban J connectivity index is 2.27. The van der Waals surface area contributed by atoms with Crippen LogP contribution in [-0.2, 0) is 0 Å². The van der Waals surface area contributed by atoms with E-state index in [0.717, 1.165) is 29.7 Å². The van der Waals surface area contributed by atoms with Gasteiger partial charge < -0.3 is 15.0 Å². The summed E-state index contributed by atoms with van der Waals surface area (Å²) < 4.78 is 5.47. The number of hydrogen-bond donors (Lipinski definition) is 1. The van der Waals surface area contributed by atoms with Gasteiger partial charge in [0.25, 0.3) is 0 Å². The summed E-state index contributed by atoms with van der Waals surface area (Å²) in [4.78, 5) is 10.8. The summed E-state index contributed by atoms with van der Waals surface area (Å²) in [6.45, 7) is 2.86. The molecule has 0 bridgehead atoms. The maximum absolute atomic E-state index is 5.47. The minimum atomic E-state index is 0.535. The normalized spacial score (nSPS) is 18.7. The number of aromatic nitrogens is 2. The molecule has 1 N–H and O–H groups in total. The van der Waals surface area contributed by atoms with E-state index >= 15 is 0 Å². The standard InChI is InChI=1S/C12H20N4OS/c1-4-13-11-10(17-3)12(15-8-14-11)16(2)9-5-6-18-7-9/h8-9H,4-7H2,1-3H3,(H,13,14,15). The molecule has 1 aromatic rings. The molecule has 1 aliphatic heterocycles. The van der Waals surface area contributed by atoms with Crippen LogP contribution in [0.3, 0.4) is 0 Å². The molecule has 1 aliphatic rings. The second-order valence-corrected chi connectivity index (χ2v) is 5.39. The van der Waals surface area contributed by atoms with Gasteiger partial charge in [0.2, 0.25) is 5.75 Å². The van der Waals surface area contributed by atoms with Crippen molar-refractivity contribution in [2.75, 3.05) is 42.4 Å². The molecule has 18 heavy (non-hydrogen) atoms. The van der Waals surface area contributed by atoms with E-state index in [9.17, 15) is 0 Å². The lowest BCUT2D eigenvalue weighted by Crippen LogP contribution is -2.32.